The minimum Gasteiger partial charge on any atom is -0.726 e. The van der Waals surface area contributed by atoms with Gasteiger partial charge in [0.1, 0.15) is 19.8 Å². The number of rotatable bonds is 38. The van der Waals surface area contributed by atoms with Gasteiger partial charge in [-0.25, -0.2) is 8.42 Å². The summed E-state index contributed by atoms with van der Waals surface area (Å²) in [6.45, 7) is 11.4. The predicted octanol–water partition coefficient (Wildman–Crippen LogP) is 11.1. The number of carbonyl (C=O) groups is 2. The summed E-state index contributed by atoms with van der Waals surface area (Å²) in [5.74, 6) is -0.0615. The maximum atomic E-state index is 12.3. The Morgan fingerprint density at radius 1 is 0.536 bits per heavy atom. The molecule has 1 fully saturated rings. The molecule has 0 atom stereocenters. The first-order chi connectivity index (χ1) is 27.0. The molecule has 0 bridgehead atoms. The molecule has 0 saturated carbocycles. The summed E-state index contributed by atoms with van der Waals surface area (Å²) in [6, 6.07) is 0. The van der Waals surface area contributed by atoms with Gasteiger partial charge in [0.2, 0.25) is 10.4 Å². The van der Waals surface area contributed by atoms with Crippen molar-refractivity contribution in [2.45, 2.75) is 213 Å². The lowest BCUT2D eigenvalue weighted by Crippen LogP contribution is -2.58. The molecule has 1 heterocycles. The first-order valence-electron chi connectivity index (χ1n) is 23.4. The third-order valence-corrected chi connectivity index (χ3v) is 11.8. The van der Waals surface area contributed by atoms with Crippen LogP contribution < -0.4 is 0 Å². The summed E-state index contributed by atoms with van der Waals surface area (Å²) in [5.41, 5.74) is 0. The summed E-state index contributed by atoms with van der Waals surface area (Å²) >= 11 is 0. The van der Waals surface area contributed by atoms with Gasteiger partial charge in [0.05, 0.1) is 27.2 Å². The number of unbranched alkanes of at least 4 members (excludes halogenated alkanes) is 27. The van der Waals surface area contributed by atoms with Crippen LogP contribution >= 0.6 is 0 Å². The average Bonchev–Trinajstić information content (AvgIpc) is 3.17. The van der Waals surface area contributed by atoms with Crippen LogP contribution in [0.2, 0.25) is 0 Å². The molecular formula is C45H90N2O8S. The van der Waals surface area contributed by atoms with Crippen LogP contribution in [-0.2, 0) is 33.6 Å². The van der Waals surface area contributed by atoms with Crippen molar-refractivity contribution in [1.82, 2.24) is 4.90 Å². The summed E-state index contributed by atoms with van der Waals surface area (Å²) in [4.78, 5) is 26.9. The standard InChI is InChI=1S/C44H87N2O4.CH4O4S/c1-4-6-8-10-12-14-16-18-20-22-24-25-27-29-31-33-43(47)49-41-37-45-35-38-46(3,39-36-45)40-42-50-44(48)34-32-30-28-26-23-21-19-17-15-13-11-9-7-5-2;1-5-6(2,3)4/h4-42H2,1-3H3;1H3,(H,2,3,4)/q+1;/p-1. The van der Waals surface area contributed by atoms with Crippen molar-refractivity contribution in [2.75, 3.05) is 66.6 Å². The van der Waals surface area contributed by atoms with Crippen LogP contribution in [0.15, 0.2) is 0 Å². The zero-order chi connectivity index (χ0) is 41.4. The van der Waals surface area contributed by atoms with E-state index < -0.39 is 10.4 Å². The lowest BCUT2D eigenvalue weighted by atomic mass is 10.0. The van der Waals surface area contributed by atoms with Crippen molar-refractivity contribution in [1.29, 1.82) is 0 Å². The second-order valence-electron chi connectivity index (χ2n) is 16.7. The second-order valence-corrected chi connectivity index (χ2v) is 17.8. The molecule has 0 aromatic rings. The molecule has 0 aliphatic carbocycles. The molecule has 0 radical (unpaired) electrons. The predicted molar refractivity (Wildman–Crippen MR) is 230 cm³/mol. The van der Waals surface area contributed by atoms with Gasteiger partial charge in [0.25, 0.3) is 0 Å². The van der Waals surface area contributed by atoms with E-state index >= 15 is 0 Å². The molecule has 56 heavy (non-hydrogen) atoms. The fourth-order valence-corrected chi connectivity index (χ4v) is 7.35. The molecule has 0 unspecified atom stereocenters. The van der Waals surface area contributed by atoms with Crippen LogP contribution in [0.1, 0.15) is 213 Å². The van der Waals surface area contributed by atoms with Gasteiger partial charge in [-0.2, -0.15) is 0 Å². The van der Waals surface area contributed by atoms with Gasteiger partial charge in [0.15, 0.2) is 0 Å². The van der Waals surface area contributed by atoms with E-state index in [1.807, 2.05) is 0 Å². The Bertz CT molecular complexity index is 989. The van der Waals surface area contributed by atoms with E-state index in [0.717, 1.165) is 76.5 Å². The van der Waals surface area contributed by atoms with E-state index in [0.29, 0.717) is 26.1 Å². The number of quaternary nitrogens is 1. The molecule has 0 aromatic heterocycles. The van der Waals surface area contributed by atoms with E-state index in [1.54, 1.807) is 0 Å². The zero-order valence-corrected chi connectivity index (χ0v) is 38.0. The number of hydrogen-bond acceptors (Lipinski definition) is 9. The maximum Gasteiger partial charge on any atom is 0.305 e. The summed E-state index contributed by atoms with van der Waals surface area (Å²) in [5, 5.41) is 0. The van der Waals surface area contributed by atoms with E-state index in [4.69, 9.17) is 9.47 Å². The SMILES string of the molecule is CCCCCCCCCCCCCCCCCC(=O)OCCN1CC[N+](C)(CCOC(=O)CCCCCCCCCCCCCCCC)CC1.COS(=O)(=O)[O-]. The van der Waals surface area contributed by atoms with E-state index in [1.165, 1.54) is 161 Å². The molecule has 11 heteroatoms. The van der Waals surface area contributed by atoms with Crippen LogP contribution in [0, 0.1) is 0 Å². The third-order valence-electron chi connectivity index (χ3n) is 11.4. The number of likely N-dealkylation sites (N-methyl/N-ethyl adjacent to an activating group) is 1. The fraction of sp³-hybridized carbons (Fsp3) is 0.956. The van der Waals surface area contributed by atoms with Crippen molar-refractivity contribution in [3.05, 3.63) is 0 Å². The molecule has 1 saturated heterocycles. The van der Waals surface area contributed by atoms with Crippen molar-refractivity contribution >= 4 is 22.3 Å². The van der Waals surface area contributed by atoms with E-state index in [2.05, 4.69) is 30.0 Å². The van der Waals surface area contributed by atoms with Gasteiger partial charge in [-0.3, -0.25) is 18.7 Å². The first-order valence-corrected chi connectivity index (χ1v) is 24.8. The maximum absolute atomic E-state index is 12.3. The summed E-state index contributed by atoms with van der Waals surface area (Å²) in [6.07, 6.45) is 39.8. The minimum absolute atomic E-state index is 0.0275. The highest BCUT2D eigenvalue weighted by molar-refractivity contribution is 7.80. The number of carbonyl (C=O) groups excluding carboxylic acids is 2. The van der Waals surface area contributed by atoms with Crippen molar-refractivity contribution in [2.24, 2.45) is 0 Å². The van der Waals surface area contributed by atoms with E-state index in [-0.39, 0.29) is 11.9 Å². The summed E-state index contributed by atoms with van der Waals surface area (Å²) < 4.78 is 43.1. The number of piperazine rings is 1. The van der Waals surface area contributed by atoms with Crippen LogP contribution in [0.5, 0.6) is 0 Å². The Labute approximate surface area is 346 Å². The molecule has 0 amide bonds. The topological polar surface area (TPSA) is 122 Å². The highest BCUT2D eigenvalue weighted by Gasteiger charge is 2.28. The summed E-state index contributed by atoms with van der Waals surface area (Å²) in [7, 11) is -1.33. The van der Waals surface area contributed by atoms with Gasteiger partial charge in [-0.1, -0.05) is 187 Å². The molecular weight excluding hydrogens is 729 g/mol. The molecule has 334 valence electrons. The van der Waals surface area contributed by atoms with Crippen LogP contribution in [0.25, 0.3) is 0 Å². The van der Waals surface area contributed by atoms with Crippen LogP contribution in [-0.4, -0.2) is 101 Å². The average molecular weight is 819 g/mol. The zero-order valence-electron chi connectivity index (χ0n) is 37.1. The number of esters is 2. The normalized spacial score (nSPS) is 14.3. The van der Waals surface area contributed by atoms with Crippen molar-refractivity contribution in [3.63, 3.8) is 0 Å². The van der Waals surface area contributed by atoms with Crippen molar-refractivity contribution in [3.8, 4) is 0 Å². The van der Waals surface area contributed by atoms with Gasteiger partial charge in [-0.15, -0.1) is 0 Å². The number of nitrogens with zero attached hydrogens (tertiary/aromatic N) is 2. The molecule has 1 aliphatic rings. The highest BCUT2D eigenvalue weighted by Crippen LogP contribution is 2.16. The van der Waals surface area contributed by atoms with E-state index in [9.17, 15) is 22.6 Å². The lowest BCUT2D eigenvalue weighted by molar-refractivity contribution is -0.913. The minimum atomic E-state index is -4.41. The van der Waals surface area contributed by atoms with Gasteiger partial charge in [0, 0.05) is 32.5 Å². The van der Waals surface area contributed by atoms with Crippen LogP contribution in [0.3, 0.4) is 0 Å². The molecule has 0 aromatic carbocycles. The Morgan fingerprint density at radius 2 is 0.821 bits per heavy atom. The van der Waals surface area contributed by atoms with Gasteiger partial charge >= 0.3 is 11.9 Å². The lowest BCUT2D eigenvalue weighted by Gasteiger charge is -2.41. The largest absolute Gasteiger partial charge is 0.726 e. The third kappa shape index (κ3) is 39.6. The van der Waals surface area contributed by atoms with Crippen LogP contribution in [0.4, 0.5) is 0 Å². The number of ether oxygens (including phenoxy) is 2. The number of hydrogen-bond donors (Lipinski definition) is 0. The molecule has 10 nitrogen and oxygen atoms in total. The monoisotopic (exact) mass is 819 g/mol. The Morgan fingerprint density at radius 3 is 1.12 bits per heavy atom. The Kier molecular flexibility index (Phi) is 38.3. The Hall–Kier alpha value is -1.27. The smallest absolute Gasteiger partial charge is 0.305 e. The fourth-order valence-electron chi connectivity index (χ4n) is 7.35. The second kappa shape index (κ2) is 39.2. The van der Waals surface area contributed by atoms with Gasteiger partial charge in [-0.05, 0) is 12.8 Å². The quantitative estimate of drug-likeness (QED) is 0.0197. The highest BCUT2D eigenvalue weighted by atomic mass is 32.3. The van der Waals surface area contributed by atoms with Gasteiger partial charge < -0.3 is 18.5 Å². The molecule has 1 rings (SSSR count). The molecule has 1 aliphatic heterocycles. The van der Waals surface area contributed by atoms with Crippen molar-refractivity contribution < 1.29 is 40.7 Å². The Balaban J connectivity index is 0.00000464. The first kappa shape index (κ1) is 54.7. The molecule has 0 N–H and O–H groups in total. The molecule has 0 spiro atoms.